The van der Waals surface area contributed by atoms with Crippen LogP contribution in [0.2, 0.25) is 0 Å². The Kier molecular flexibility index (Phi) is 4.33. The molecular weight excluding hydrogens is 262 g/mol. The average molecular weight is 275 g/mol. The van der Waals surface area contributed by atoms with Gasteiger partial charge in [-0.1, -0.05) is 17.3 Å². The van der Waals surface area contributed by atoms with Gasteiger partial charge >= 0.3 is 6.01 Å². The van der Waals surface area contributed by atoms with Crippen LogP contribution in [0.3, 0.4) is 0 Å². The van der Waals surface area contributed by atoms with Crippen LogP contribution in [-0.2, 0) is 0 Å². The molecule has 0 atom stereocenters. The summed E-state index contributed by atoms with van der Waals surface area (Å²) in [5, 5.41) is 11.5. The second-order valence-corrected chi connectivity index (χ2v) is 3.65. The third kappa shape index (κ3) is 3.35. The van der Waals surface area contributed by atoms with E-state index in [0.29, 0.717) is 23.1 Å². The molecule has 0 bridgehead atoms. The number of rotatable bonds is 5. The highest BCUT2D eigenvalue weighted by molar-refractivity contribution is 5.79. The Morgan fingerprint density at radius 1 is 1.10 bits per heavy atom. The van der Waals surface area contributed by atoms with Crippen molar-refractivity contribution in [2.45, 2.75) is 0 Å². The molecule has 1 aromatic carbocycles. The largest absolute Gasteiger partial charge is 0.481 e. The number of methoxy groups -OCH3 is 2. The summed E-state index contributed by atoms with van der Waals surface area (Å²) >= 11 is 0. The summed E-state index contributed by atoms with van der Waals surface area (Å²) in [5.41, 5.74) is 0.680. The van der Waals surface area contributed by atoms with Crippen molar-refractivity contribution in [3.8, 4) is 23.5 Å². The molecule has 20 heavy (non-hydrogen) atoms. The van der Waals surface area contributed by atoms with Gasteiger partial charge in [0.2, 0.25) is 11.8 Å². The van der Waals surface area contributed by atoms with Gasteiger partial charge in [0.15, 0.2) is 0 Å². The minimum atomic E-state index is 0.0966. The second-order valence-electron chi connectivity index (χ2n) is 3.65. The molecule has 7 heteroatoms. The number of benzene rings is 1. The van der Waals surface area contributed by atoms with Crippen LogP contribution in [0.25, 0.3) is 0 Å². The van der Waals surface area contributed by atoms with Crippen LogP contribution in [0, 0.1) is 0 Å². The third-order valence-electron chi connectivity index (χ3n) is 2.35. The standard InChI is InChI=1S/C13H13N3O4/c1-18-11-7-12(19-2)16-13(15-11)20-10-5-3-4-9(6-10)8-14-17/h3-8,17H,1-2H3. The highest BCUT2D eigenvalue weighted by Gasteiger charge is 2.07. The molecular formula is C13H13N3O4. The van der Waals surface area contributed by atoms with E-state index in [2.05, 4.69) is 15.1 Å². The van der Waals surface area contributed by atoms with E-state index in [1.807, 2.05) is 0 Å². The van der Waals surface area contributed by atoms with Crippen LogP contribution in [0.1, 0.15) is 5.56 Å². The zero-order chi connectivity index (χ0) is 14.4. The average Bonchev–Trinajstić information content (AvgIpc) is 2.47. The maximum absolute atomic E-state index is 8.51. The van der Waals surface area contributed by atoms with Crippen LogP contribution in [0.5, 0.6) is 23.5 Å². The summed E-state index contributed by atoms with van der Waals surface area (Å²) in [6, 6.07) is 8.56. The SMILES string of the molecule is COc1cc(OC)nc(Oc2cccc(C=NO)c2)n1. The summed E-state index contributed by atoms with van der Waals surface area (Å²) in [6.07, 6.45) is 1.29. The van der Waals surface area contributed by atoms with E-state index in [1.165, 1.54) is 20.4 Å². The van der Waals surface area contributed by atoms with Gasteiger partial charge in [0.1, 0.15) is 5.75 Å². The quantitative estimate of drug-likeness (QED) is 0.511. The van der Waals surface area contributed by atoms with E-state index in [0.717, 1.165) is 0 Å². The smallest absolute Gasteiger partial charge is 0.328 e. The molecule has 1 heterocycles. The monoisotopic (exact) mass is 275 g/mol. The van der Waals surface area contributed by atoms with E-state index in [4.69, 9.17) is 19.4 Å². The van der Waals surface area contributed by atoms with E-state index in [-0.39, 0.29) is 6.01 Å². The Bertz CT molecular complexity index is 594. The fraction of sp³-hybridized carbons (Fsp3) is 0.154. The lowest BCUT2D eigenvalue weighted by molar-refractivity contribution is 0.322. The highest BCUT2D eigenvalue weighted by atomic mass is 16.5. The first-order valence-corrected chi connectivity index (χ1v) is 5.67. The summed E-state index contributed by atoms with van der Waals surface area (Å²) in [6.45, 7) is 0. The minimum absolute atomic E-state index is 0.0966. The second kappa shape index (κ2) is 6.37. The predicted molar refractivity (Wildman–Crippen MR) is 71.0 cm³/mol. The first-order valence-electron chi connectivity index (χ1n) is 5.67. The molecule has 0 saturated heterocycles. The highest BCUT2D eigenvalue weighted by Crippen LogP contribution is 2.23. The summed E-state index contributed by atoms with van der Waals surface area (Å²) in [5.74, 6) is 1.16. The molecule has 0 amide bonds. The molecule has 2 rings (SSSR count). The van der Waals surface area contributed by atoms with Crippen molar-refractivity contribution < 1.29 is 19.4 Å². The maximum atomic E-state index is 8.51. The molecule has 0 saturated carbocycles. The Labute approximate surface area is 115 Å². The van der Waals surface area contributed by atoms with Gasteiger partial charge in [0.05, 0.1) is 26.5 Å². The number of ether oxygens (including phenoxy) is 3. The first-order chi connectivity index (χ1) is 9.75. The summed E-state index contributed by atoms with van der Waals surface area (Å²) < 4.78 is 15.6. The summed E-state index contributed by atoms with van der Waals surface area (Å²) in [7, 11) is 2.98. The van der Waals surface area contributed by atoms with Gasteiger partial charge in [-0.25, -0.2) is 0 Å². The molecule has 104 valence electrons. The Morgan fingerprint density at radius 2 is 1.80 bits per heavy atom. The molecule has 0 aliphatic heterocycles. The van der Waals surface area contributed by atoms with Crippen LogP contribution < -0.4 is 14.2 Å². The summed E-state index contributed by atoms with van der Waals surface area (Å²) in [4.78, 5) is 8.10. The Morgan fingerprint density at radius 3 is 2.40 bits per heavy atom. The van der Waals surface area contributed by atoms with Gasteiger partial charge in [-0.15, -0.1) is 0 Å². The van der Waals surface area contributed by atoms with Crippen LogP contribution in [0.4, 0.5) is 0 Å². The van der Waals surface area contributed by atoms with Crippen LogP contribution in [0.15, 0.2) is 35.5 Å². The van der Waals surface area contributed by atoms with Gasteiger partial charge in [0, 0.05) is 0 Å². The topological polar surface area (TPSA) is 86.1 Å². The van der Waals surface area contributed by atoms with Gasteiger partial charge < -0.3 is 19.4 Å². The van der Waals surface area contributed by atoms with E-state index >= 15 is 0 Å². The van der Waals surface area contributed by atoms with Gasteiger partial charge in [0.25, 0.3) is 0 Å². The lowest BCUT2D eigenvalue weighted by Gasteiger charge is -2.07. The molecule has 2 aromatic rings. The van der Waals surface area contributed by atoms with E-state index in [9.17, 15) is 0 Å². The first kappa shape index (κ1) is 13.6. The number of hydrogen-bond acceptors (Lipinski definition) is 7. The zero-order valence-electron chi connectivity index (χ0n) is 11.0. The van der Waals surface area contributed by atoms with E-state index in [1.54, 1.807) is 30.3 Å². The fourth-order valence-electron chi connectivity index (χ4n) is 1.47. The van der Waals surface area contributed by atoms with Crippen molar-refractivity contribution in [2.24, 2.45) is 5.16 Å². The van der Waals surface area contributed by atoms with Crippen molar-refractivity contribution in [3.63, 3.8) is 0 Å². The predicted octanol–water partition coefficient (Wildman–Crippen LogP) is 2.09. The molecule has 1 aromatic heterocycles. The maximum Gasteiger partial charge on any atom is 0.328 e. The molecule has 0 spiro atoms. The molecule has 0 aliphatic rings. The molecule has 1 N–H and O–H groups in total. The van der Waals surface area contributed by atoms with Gasteiger partial charge in [-0.3, -0.25) is 0 Å². The molecule has 7 nitrogen and oxygen atoms in total. The van der Waals surface area contributed by atoms with Crippen molar-refractivity contribution in [1.29, 1.82) is 0 Å². The number of aromatic nitrogens is 2. The van der Waals surface area contributed by atoms with Gasteiger partial charge in [-0.2, -0.15) is 9.97 Å². The normalized spacial score (nSPS) is 10.5. The minimum Gasteiger partial charge on any atom is -0.481 e. The fourth-order valence-corrected chi connectivity index (χ4v) is 1.47. The Hall–Kier alpha value is -2.83. The Balaban J connectivity index is 2.27. The lowest BCUT2D eigenvalue weighted by atomic mass is 10.2. The van der Waals surface area contributed by atoms with Crippen molar-refractivity contribution in [1.82, 2.24) is 9.97 Å². The number of oxime groups is 1. The number of nitrogens with zero attached hydrogens (tertiary/aromatic N) is 3. The van der Waals surface area contributed by atoms with Gasteiger partial charge in [-0.05, 0) is 17.7 Å². The van der Waals surface area contributed by atoms with Crippen molar-refractivity contribution in [3.05, 3.63) is 35.9 Å². The van der Waals surface area contributed by atoms with Crippen molar-refractivity contribution in [2.75, 3.05) is 14.2 Å². The molecule has 0 fully saturated rings. The molecule has 0 aliphatic carbocycles. The molecule has 0 radical (unpaired) electrons. The van der Waals surface area contributed by atoms with E-state index < -0.39 is 0 Å². The lowest BCUT2D eigenvalue weighted by Crippen LogP contribution is -1.98. The number of hydrogen-bond donors (Lipinski definition) is 1. The molecule has 0 unspecified atom stereocenters. The van der Waals surface area contributed by atoms with Crippen LogP contribution in [-0.4, -0.2) is 35.6 Å². The van der Waals surface area contributed by atoms with Crippen molar-refractivity contribution >= 4 is 6.21 Å². The third-order valence-corrected chi connectivity index (χ3v) is 2.35. The zero-order valence-corrected chi connectivity index (χ0v) is 11.0. The van der Waals surface area contributed by atoms with Crippen LogP contribution >= 0.6 is 0 Å².